The second-order valence-corrected chi connectivity index (χ2v) is 4.22. The number of hydrogen-bond acceptors (Lipinski definition) is 4. The molecule has 108 valence electrons. The van der Waals surface area contributed by atoms with Gasteiger partial charge in [-0.1, -0.05) is 12.1 Å². The maximum absolute atomic E-state index is 10.4. The van der Waals surface area contributed by atoms with Gasteiger partial charge in [0, 0.05) is 6.54 Å². The zero-order chi connectivity index (χ0) is 15.1. The number of nitrogens with zero attached hydrogens (tertiary/aromatic N) is 2. The highest BCUT2D eigenvalue weighted by atomic mass is 16.5. The van der Waals surface area contributed by atoms with Crippen molar-refractivity contribution in [3.05, 3.63) is 54.1 Å². The molecule has 1 amide bonds. The molecule has 6 nitrogen and oxygen atoms in total. The van der Waals surface area contributed by atoms with Crippen LogP contribution >= 0.6 is 0 Å². The summed E-state index contributed by atoms with van der Waals surface area (Å²) in [5.74, 6) is 0.768. The van der Waals surface area contributed by atoms with Crippen molar-refractivity contribution in [1.29, 1.82) is 0 Å². The molecule has 0 aliphatic rings. The average molecular weight is 285 g/mol. The van der Waals surface area contributed by atoms with Crippen molar-refractivity contribution in [2.75, 3.05) is 7.11 Å². The third kappa shape index (κ3) is 4.61. The fourth-order valence-electron chi connectivity index (χ4n) is 1.62. The number of rotatable bonds is 5. The smallest absolute Gasteiger partial charge is 0.404 e. The monoisotopic (exact) mass is 285 g/mol. The standard InChI is InChI=1S/C15H15N3O3/c1-21-14-8-6-13(7-9-14)18-17-12-4-2-11(3-5-12)10-16-15(19)20/h2-9,16H,10H2,1H3,(H,19,20)/b18-17+. The van der Waals surface area contributed by atoms with Gasteiger partial charge in [-0.15, -0.1) is 0 Å². The predicted octanol–water partition coefficient (Wildman–Crippen LogP) is 3.88. The first kappa shape index (κ1) is 14.5. The highest BCUT2D eigenvalue weighted by Gasteiger charge is 1.97. The van der Waals surface area contributed by atoms with Gasteiger partial charge in [0.05, 0.1) is 18.5 Å². The Hall–Kier alpha value is -2.89. The summed E-state index contributed by atoms with van der Waals surface area (Å²) in [6.07, 6.45) is -1.04. The van der Waals surface area contributed by atoms with Crippen LogP contribution in [-0.4, -0.2) is 18.3 Å². The number of benzene rings is 2. The fraction of sp³-hybridized carbons (Fsp3) is 0.133. The van der Waals surface area contributed by atoms with Gasteiger partial charge < -0.3 is 15.2 Å². The molecule has 0 saturated heterocycles. The Bertz CT molecular complexity index is 622. The summed E-state index contributed by atoms with van der Waals surface area (Å²) in [6.45, 7) is 0.269. The minimum Gasteiger partial charge on any atom is -0.497 e. The molecule has 0 spiro atoms. The largest absolute Gasteiger partial charge is 0.497 e. The van der Waals surface area contributed by atoms with E-state index < -0.39 is 6.09 Å². The molecule has 0 aliphatic heterocycles. The molecule has 2 aromatic rings. The normalized spacial score (nSPS) is 10.5. The average Bonchev–Trinajstić information content (AvgIpc) is 2.52. The van der Waals surface area contributed by atoms with Crippen molar-refractivity contribution in [2.24, 2.45) is 10.2 Å². The lowest BCUT2D eigenvalue weighted by molar-refractivity contribution is 0.194. The van der Waals surface area contributed by atoms with E-state index in [1.165, 1.54) is 0 Å². The molecule has 0 fully saturated rings. The summed E-state index contributed by atoms with van der Waals surface area (Å²) >= 11 is 0. The fourth-order valence-corrected chi connectivity index (χ4v) is 1.62. The molecule has 6 heteroatoms. The van der Waals surface area contributed by atoms with Crippen LogP contribution in [0.5, 0.6) is 5.75 Å². The number of methoxy groups -OCH3 is 1. The molecule has 21 heavy (non-hydrogen) atoms. The van der Waals surface area contributed by atoms with Crippen LogP contribution < -0.4 is 10.1 Å². The summed E-state index contributed by atoms with van der Waals surface area (Å²) in [6, 6.07) is 14.4. The molecule has 2 aromatic carbocycles. The van der Waals surface area contributed by atoms with E-state index in [1.807, 2.05) is 24.3 Å². The van der Waals surface area contributed by atoms with Gasteiger partial charge in [0.2, 0.25) is 0 Å². The number of hydrogen-bond donors (Lipinski definition) is 2. The Morgan fingerprint density at radius 1 is 1.05 bits per heavy atom. The van der Waals surface area contributed by atoms with Crippen molar-refractivity contribution in [3.8, 4) is 5.75 Å². The summed E-state index contributed by atoms with van der Waals surface area (Å²) in [4.78, 5) is 10.4. The van der Waals surface area contributed by atoms with Crippen LogP contribution in [0.1, 0.15) is 5.56 Å². The molecule has 0 atom stereocenters. The Morgan fingerprint density at radius 2 is 1.57 bits per heavy atom. The van der Waals surface area contributed by atoms with E-state index in [2.05, 4.69) is 15.5 Å². The van der Waals surface area contributed by atoms with Crippen molar-refractivity contribution in [1.82, 2.24) is 5.32 Å². The minimum atomic E-state index is -1.04. The Labute approximate surface area is 122 Å². The van der Waals surface area contributed by atoms with Gasteiger partial charge >= 0.3 is 6.09 Å². The van der Waals surface area contributed by atoms with E-state index in [0.29, 0.717) is 5.69 Å². The molecule has 0 saturated carbocycles. The molecule has 2 rings (SSSR count). The van der Waals surface area contributed by atoms with E-state index in [0.717, 1.165) is 17.0 Å². The predicted molar refractivity (Wildman–Crippen MR) is 78.5 cm³/mol. The van der Waals surface area contributed by atoms with Crippen molar-refractivity contribution in [3.63, 3.8) is 0 Å². The van der Waals surface area contributed by atoms with E-state index >= 15 is 0 Å². The molecule has 0 unspecified atom stereocenters. The van der Waals surface area contributed by atoms with Crippen LogP contribution in [0.3, 0.4) is 0 Å². The number of azo groups is 1. The highest BCUT2D eigenvalue weighted by Crippen LogP contribution is 2.21. The van der Waals surface area contributed by atoms with Crippen LogP contribution in [0.4, 0.5) is 16.2 Å². The van der Waals surface area contributed by atoms with E-state index in [9.17, 15) is 4.79 Å². The number of nitrogens with one attached hydrogen (secondary N) is 1. The number of carbonyl (C=O) groups is 1. The Kier molecular flexibility index (Phi) is 4.87. The summed E-state index contributed by atoms with van der Waals surface area (Å²) in [7, 11) is 1.61. The molecule has 0 bridgehead atoms. The van der Waals surface area contributed by atoms with Crippen molar-refractivity contribution < 1.29 is 14.6 Å². The molecular weight excluding hydrogens is 270 g/mol. The second kappa shape index (κ2) is 7.04. The van der Waals surface area contributed by atoms with Gasteiger partial charge in [0.15, 0.2) is 0 Å². The van der Waals surface area contributed by atoms with Crippen molar-refractivity contribution >= 4 is 17.5 Å². The van der Waals surface area contributed by atoms with Gasteiger partial charge in [0.1, 0.15) is 5.75 Å². The van der Waals surface area contributed by atoms with E-state index in [-0.39, 0.29) is 6.54 Å². The Morgan fingerprint density at radius 3 is 2.05 bits per heavy atom. The summed E-state index contributed by atoms with van der Waals surface area (Å²) in [5, 5.41) is 19.1. The molecule has 2 N–H and O–H groups in total. The van der Waals surface area contributed by atoms with Crippen LogP contribution in [0, 0.1) is 0 Å². The zero-order valence-corrected chi connectivity index (χ0v) is 11.5. The molecule has 0 radical (unpaired) electrons. The summed E-state index contributed by atoms with van der Waals surface area (Å²) in [5.41, 5.74) is 2.29. The van der Waals surface area contributed by atoms with Gasteiger partial charge in [0.25, 0.3) is 0 Å². The quantitative estimate of drug-likeness (QED) is 0.818. The maximum atomic E-state index is 10.4. The van der Waals surface area contributed by atoms with E-state index in [1.54, 1.807) is 31.4 Å². The molecule has 0 aliphatic carbocycles. The SMILES string of the molecule is COc1ccc(/N=N/c2ccc(CNC(=O)O)cc2)cc1. The van der Waals surface area contributed by atoms with Gasteiger partial charge in [-0.05, 0) is 42.0 Å². The molecule has 0 aromatic heterocycles. The van der Waals surface area contributed by atoms with E-state index in [4.69, 9.17) is 9.84 Å². The van der Waals surface area contributed by atoms with Gasteiger partial charge in [-0.3, -0.25) is 0 Å². The van der Waals surface area contributed by atoms with Crippen LogP contribution in [-0.2, 0) is 6.54 Å². The number of ether oxygens (including phenoxy) is 1. The van der Waals surface area contributed by atoms with Gasteiger partial charge in [-0.25, -0.2) is 4.79 Å². The number of amides is 1. The second-order valence-electron chi connectivity index (χ2n) is 4.22. The van der Waals surface area contributed by atoms with Crippen LogP contribution in [0.25, 0.3) is 0 Å². The summed E-state index contributed by atoms with van der Waals surface area (Å²) < 4.78 is 5.06. The third-order valence-electron chi connectivity index (χ3n) is 2.73. The van der Waals surface area contributed by atoms with Gasteiger partial charge in [-0.2, -0.15) is 10.2 Å². The molecule has 0 heterocycles. The first-order chi connectivity index (χ1) is 10.2. The minimum absolute atomic E-state index is 0.269. The maximum Gasteiger partial charge on any atom is 0.404 e. The first-order valence-electron chi connectivity index (χ1n) is 6.29. The Balaban J connectivity index is 1.98. The lowest BCUT2D eigenvalue weighted by Crippen LogP contribution is -2.19. The van der Waals surface area contributed by atoms with Crippen molar-refractivity contribution in [2.45, 2.75) is 6.54 Å². The first-order valence-corrected chi connectivity index (χ1v) is 6.29. The van der Waals surface area contributed by atoms with Crippen LogP contribution in [0.2, 0.25) is 0 Å². The number of carboxylic acid groups (broad SMARTS) is 1. The topological polar surface area (TPSA) is 83.3 Å². The lowest BCUT2D eigenvalue weighted by atomic mass is 10.2. The lowest BCUT2D eigenvalue weighted by Gasteiger charge is -2.01. The molecular formula is C15H15N3O3. The van der Waals surface area contributed by atoms with Crippen LogP contribution in [0.15, 0.2) is 58.8 Å². The zero-order valence-electron chi connectivity index (χ0n) is 11.5. The highest BCUT2D eigenvalue weighted by molar-refractivity contribution is 5.64. The third-order valence-corrected chi connectivity index (χ3v) is 2.73.